The number of ketones is 1. The topological polar surface area (TPSA) is 17.1 Å². The van der Waals surface area contributed by atoms with Crippen LogP contribution < -0.4 is 0 Å². The van der Waals surface area contributed by atoms with Gasteiger partial charge in [-0.15, -0.1) is 17.9 Å². The van der Waals surface area contributed by atoms with Gasteiger partial charge in [0.15, 0.2) is 0 Å². The van der Waals surface area contributed by atoms with Gasteiger partial charge in [0.25, 0.3) is 0 Å². The standard InChI is InChI=1S/C11H14OS/c1-3-5-9(12)8-11-7-6-10(4-2)13-11/h3,6-7H,1,4-5,8H2,2H3. The van der Waals surface area contributed by atoms with Gasteiger partial charge in [0.05, 0.1) is 0 Å². The van der Waals surface area contributed by atoms with Crippen molar-refractivity contribution in [3.63, 3.8) is 0 Å². The first kappa shape index (κ1) is 10.2. The summed E-state index contributed by atoms with van der Waals surface area (Å²) >= 11 is 1.73. The highest BCUT2D eigenvalue weighted by Crippen LogP contribution is 2.17. The average molecular weight is 194 g/mol. The SMILES string of the molecule is C=CCC(=O)Cc1ccc(CC)s1. The Morgan fingerprint density at radius 2 is 2.23 bits per heavy atom. The summed E-state index contributed by atoms with van der Waals surface area (Å²) in [5, 5.41) is 0. The molecule has 13 heavy (non-hydrogen) atoms. The minimum Gasteiger partial charge on any atom is -0.299 e. The molecule has 0 radical (unpaired) electrons. The van der Waals surface area contributed by atoms with E-state index in [1.165, 1.54) is 9.75 Å². The van der Waals surface area contributed by atoms with Gasteiger partial charge in [-0.25, -0.2) is 0 Å². The number of aryl methyl sites for hydroxylation is 1. The predicted octanol–water partition coefficient (Wildman–Crippen LogP) is 3.00. The Labute approximate surface area is 83.1 Å². The number of allylic oxidation sites excluding steroid dienone is 1. The van der Waals surface area contributed by atoms with Crippen LogP contribution in [-0.2, 0) is 17.6 Å². The van der Waals surface area contributed by atoms with Crippen LogP contribution in [0, 0.1) is 0 Å². The monoisotopic (exact) mass is 194 g/mol. The fourth-order valence-electron chi connectivity index (χ4n) is 1.13. The Morgan fingerprint density at radius 1 is 1.54 bits per heavy atom. The van der Waals surface area contributed by atoms with Gasteiger partial charge in [-0.2, -0.15) is 0 Å². The van der Waals surface area contributed by atoms with Gasteiger partial charge < -0.3 is 0 Å². The van der Waals surface area contributed by atoms with Crippen LogP contribution >= 0.6 is 11.3 Å². The average Bonchev–Trinajstić information content (AvgIpc) is 2.52. The summed E-state index contributed by atoms with van der Waals surface area (Å²) in [6, 6.07) is 4.14. The highest BCUT2D eigenvalue weighted by atomic mass is 32.1. The summed E-state index contributed by atoms with van der Waals surface area (Å²) in [5.74, 6) is 0.250. The van der Waals surface area contributed by atoms with E-state index in [9.17, 15) is 4.79 Å². The molecule has 0 unspecified atom stereocenters. The quantitative estimate of drug-likeness (QED) is 0.658. The second-order valence-electron chi connectivity index (χ2n) is 2.93. The summed E-state index contributed by atoms with van der Waals surface area (Å²) in [7, 11) is 0. The van der Waals surface area contributed by atoms with Crippen molar-refractivity contribution >= 4 is 17.1 Å². The van der Waals surface area contributed by atoms with E-state index in [0.29, 0.717) is 12.8 Å². The smallest absolute Gasteiger partial charge is 0.141 e. The molecule has 0 fully saturated rings. The third kappa shape index (κ3) is 3.15. The fourth-order valence-corrected chi connectivity index (χ4v) is 2.12. The first-order chi connectivity index (χ1) is 6.26. The molecule has 1 aromatic rings. The van der Waals surface area contributed by atoms with Crippen molar-refractivity contribution in [2.75, 3.05) is 0 Å². The van der Waals surface area contributed by atoms with E-state index in [-0.39, 0.29) is 5.78 Å². The van der Waals surface area contributed by atoms with Crippen LogP contribution in [-0.4, -0.2) is 5.78 Å². The van der Waals surface area contributed by atoms with E-state index in [2.05, 4.69) is 19.6 Å². The van der Waals surface area contributed by atoms with Crippen molar-refractivity contribution in [2.24, 2.45) is 0 Å². The second kappa shape index (κ2) is 4.97. The van der Waals surface area contributed by atoms with E-state index in [1.54, 1.807) is 17.4 Å². The molecule has 0 aliphatic rings. The molecule has 0 aliphatic carbocycles. The van der Waals surface area contributed by atoms with Crippen LogP contribution in [0.15, 0.2) is 24.8 Å². The highest BCUT2D eigenvalue weighted by molar-refractivity contribution is 7.12. The summed E-state index contributed by atoms with van der Waals surface area (Å²) in [4.78, 5) is 13.8. The maximum Gasteiger partial charge on any atom is 0.141 e. The number of carbonyl (C=O) groups excluding carboxylic acids is 1. The molecule has 0 saturated heterocycles. The zero-order valence-electron chi connectivity index (χ0n) is 7.88. The molecule has 0 aromatic carbocycles. The molecule has 0 atom stereocenters. The number of hydrogen-bond acceptors (Lipinski definition) is 2. The van der Waals surface area contributed by atoms with Crippen molar-refractivity contribution in [1.29, 1.82) is 0 Å². The first-order valence-electron chi connectivity index (χ1n) is 4.46. The number of rotatable bonds is 5. The Balaban J connectivity index is 2.53. The minimum atomic E-state index is 0.250. The van der Waals surface area contributed by atoms with E-state index in [1.807, 2.05) is 6.07 Å². The molecule has 1 nitrogen and oxygen atoms in total. The van der Waals surface area contributed by atoms with Crippen LogP contribution in [0.1, 0.15) is 23.1 Å². The van der Waals surface area contributed by atoms with Crippen molar-refractivity contribution in [3.8, 4) is 0 Å². The third-order valence-electron chi connectivity index (χ3n) is 1.81. The lowest BCUT2D eigenvalue weighted by Gasteiger charge is -1.92. The van der Waals surface area contributed by atoms with Crippen molar-refractivity contribution < 1.29 is 4.79 Å². The molecule has 70 valence electrons. The van der Waals surface area contributed by atoms with Gasteiger partial charge >= 0.3 is 0 Å². The maximum absolute atomic E-state index is 11.2. The zero-order valence-corrected chi connectivity index (χ0v) is 8.69. The van der Waals surface area contributed by atoms with Crippen LogP contribution in [0.3, 0.4) is 0 Å². The lowest BCUT2D eigenvalue weighted by molar-refractivity contribution is -0.117. The molecule has 2 heteroatoms. The lowest BCUT2D eigenvalue weighted by atomic mass is 10.2. The third-order valence-corrected chi connectivity index (χ3v) is 3.04. The molecule has 1 aromatic heterocycles. The first-order valence-corrected chi connectivity index (χ1v) is 5.28. The molecule has 0 spiro atoms. The van der Waals surface area contributed by atoms with E-state index >= 15 is 0 Å². The molecule has 0 saturated carbocycles. The highest BCUT2D eigenvalue weighted by Gasteiger charge is 2.03. The Kier molecular flexibility index (Phi) is 3.90. The summed E-state index contributed by atoms with van der Waals surface area (Å²) < 4.78 is 0. The number of hydrogen-bond donors (Lipinski definition) is 0. The number of carbonyl (C=O) groups is 1. The van der Waals surface area contributed by atoms with E-state index in [0.717, 1.165) is 6.42 Å². The Morgan fingerprint density at radius 3 is 2.77 bits per heavy atom. The van der Waals surface area contributed by atoms with Crippen LogP contribution in [0.2, 0.25) is 0 Å². The number of thiophene rings is 1. The second-order valence-corrected chi connectivity index (χ2v) is 4.18. The largest absolute Gasteiger partial charge is 0.299 e. The van der Waals surface area contributed by atoms with Crippen molar-refractivity contribution in [3.05, 3.63) is 34.5 Å². The van der Waals surface area contributed by atoms with Gasteiger partial charge in [0.2, 0.25) is 0 Å². The summed E-state index contributed by atoms with van der Waals surface area (Å²) in [6.45, 7) is 5.67. The summed E-state index contributed by atoms with van der Waals surface area (Å²) in [6.07, 6.45) is 3.77. The lowest BCUT2D eigenvalue weighted by Crippen LogP contribution is -1.98. The minimum absolute atomic E-state index is 0.250. The van der Waals surface area contributed by atoms with Crippen molar-refractivity contribution in [1.82, 2.24) is 0 Å². The van der Waals surface area contributed by atoms with E-state index in [4.69, 9.17) is 0 Å². The van der Waals surface area contributed by atoms with Gasteiger partial charge in [0.1, 0.15) is 5.78 Å². The van der Waals surface area contributed by atoms with Gasteiger partial charge in [0, 0.05) is 22.6 Å². The maximum atomic E-state index is 11.2. The molecule has 1 heterocycles. The molecular formula is C11H14OS. The molecule has 0 bridgehead atoms. The molecule has 0 N–H and O–H groups in total. The Hall–Kier alpha value is -0.890. The molecular weight excluding hydrogens is 180 g/mol. The normalized spacial score (nSPS) is 9.92. The van der Waals surface area contributed by atoms with Crippen LogP contribution in [0.5, 0.6) is 0 Å². The van der Waals surface area contributed by atoms with Gasteiger partial charge in [-0.05, 0) is 18.6 Å². The van der Waals surface area contributed by atoms with E-state index < -0.39 is 0 Å². The molecule has 1 rings (SSSR count). The van der Waals surface area contributed by atoms with Crippen LogP contribution in [0.25, 0.3) is 0 Å². The van der Waals surface area contributed by atoms with Crippen LogP contribution in [0.4, 0.5) is 0 Å². The predicted molar refractivity (Wildman–Crippen MR) is 57.2 cm³/mol. The molecule has 0 amide bonds. The zero-order chi connectivity index (χ0) is 9.68. The fraction of sp³-hybridized carbons (Fsp3) is 0.364. The number of Topliss-reactive ketones (excluding diaryl/α,β-unsaturated/α-hetero) is 1. The molecule has 0 aliphatic heterocycles. The summed E-state index contributed by atoms with van der Waals surface area (Å²) in [5.41, 5.74) is 0. The van der Waals surface area contributed by atoms with Gasteiger partial charge in [-0.3, -0.25) is 4.79 Å². The Bertz CT molecular complexity index is 299. The van der Waals surface area contributed by atoms with Crippen molar-refractivity contribution in [2.45, 2.75) is 26.2 Å². The van der Waals surface area contributed by atoms with Gasteiger partial charge in [-0.1, -0.05) is 13.0 Å².